The largest absolute Gasteiger partial charge is 0.459 e. The molecule has 2 bridgehead atoms. The molecule has 4 atom stereocenters. The fraction of sp³-hybridized carbons (Fsp3) is 0.533. The van der Waals surface area contributed by atoms with E-state index in [1.165, 1.54) is 0 Å². The second kappa shape index (κ2) is 4.94. The number of esters is 1. The van der Waals surface area contributed by atoms with Crippen molar-refractivity contribution in [1.82, 2.24) is 4.90 Å². The quantitative estimate of drug-likeness (QED) is 0.818. The molecular weight excluding hydrogens is 242 g/mol. The first-order chi connectivity index (χ1) is 9.15. The molecule has 1 aromatic carbocycles. The molecule has 2 heterocycles. The first kappa shape index (κ1) is 12.6. The molecule has 0 saturated carbocycles. The van der Waals surface area contributed by atoms with Gasteiger partial charge in [0.15, 0.2) is 0 Å². The molecule has 2 aliphatic heterocycles. The average molecular weight is 261 g/mol. The van der Waals surface area contributed by atoms with Gasteiger partial charge in [-0.3, -0.25) is 4.90 Å². The van der Waals surface area contributed by atoms with Gasteiger partial charge in [-0.2, -0.15) is 0 Å². The molecule has 2 saturated heterocycles. The summed E-state index contributed by atoms with van der Waals surface area (Å²) >= 11 is 0. The monoisotopic (exact) mass is 261 g/mol. The molecule has 1 N–H and O–H groups in total. The predicted molar refractivity (Wildman–Crippen MR) is 70.8 cm³/mol. The van der Waals surface area contributed by atoms with Gasteiger partial charge in [-0.15, -0.1) is 0 Å². The Balaban J connectivity index is 1.65. The molecule has 4 heteroatoms. The Bertz CT molecular complexity index is 462. The summed E-state index contributed by atoms with van der Waals surface area (Å²) in [7, 11) is 2.04. The van der Waals surface area contributed by atoms with E-state index in [1.807, 2.05) is 25.2 Å². The van der Waals surface area contributed by atoms with Crippen molar-refractivity contribution >= 4 is 5.97 Å². The Morgan fingerprint density at radius 3 is 2.68 bits per heavy atom. The highest BCUT2D eigenvalue weighted by atomic mass is 16.5. The van der Waals surface area contributed by atoms with E-state index < -0.39 is 0 Å². The first-order valence-corrected chi connectivity index (χ1v) is 6.81. The molecule has 2 aliphatic rings. The van der Waals surface area contributed by atoms with Crippen LogP contribution in [0.25, 0.3) is 0 Å². The smallest absolute Gasteiger partial charge is 0.338 e. The Hall–Kier alpha value is -1.39. The van der Waals surface area contributed by atoms with E-state index in [0.717, 1.165) is 19.3 Å². The number of carbonyl (C=O) groups excluding carboxylic acids is 1. The van der Waals surface area contributed by atoms with E-state index in [9.17, 15) is 9.90 Å². The van der Waals surface area contributed by atoms with Gasteiger partial charge in [0, 0.05) is 24.9 Å². The van der Waals surface area contributed by atoms with Crippen LogP contribution in [0.15, 0.2) is 30.3 Å². The molecule has 19 heavy (non-hydrogen) atoms. The Labute approximate surface area is 113 Å². The van der Waals surface area contributed by atoms with Gasteiger partial charge in [-0.05, 0) is 25.6 Å². The summed E-state index contributed by atoms with van der Waals surface area (Å²) in [6, 6.07) is 9.54. The van der Waals surface area contributed by atoms with Gasteiger partial charge in [-0.25, -0.2) is 4.79 Å². The number of rotatable bonds is 2. The summed E-state index contributed by atoms with van der Waals surface area (Å²) in [6.07, 6.45) is 1.99. The van der Waals surface area contributed by atoms with Gasteiger partial charge in [0.2, 0.25) is 0 Å². The number of aliphatic hydroxyl groups is 1. The lowest BCUT2D eigenvalue weighted by Gasteiger charge is -2.36. The van der Waals surface area contributed by atoms with Crippen molar-refractivity contribution < 1.29 is 14.6 Å². The highest BCUT2D eigenvalue weighted by Gasteiger charge is 2.45. The van der Waals surface area contributed by atoms with E-state index in [-0.39, 0.29) is 24.2 Å². The van der Waals surface area contributed by atoms with E-state index in [0.29, 0.717) is 11.6 Å². The zero-order valence-corrected chi connectivity index (χ0v) is 11.0. The van der Waals surface area contributed by atoms with Crippen LogP contribution in [-0.2, 0) is 4.74 Å². The van der Waals surface area contributed by atoms with Crippen LogP contribution >= 0.6 is 0 Å². The zero-order valence-electron chi connectivity index (χ0n) is 11.0. The molecule has 0 amide bonds. The molecule has 3 rings (SSSR count). The number of likely N-dealkylation sites (N-methyl/N-ethyl adjacent to an activating group) is 1. The minimum Gasteiger partial charge on any atom is -0.459 e. The molecule has 0 aromatic heterocycles. The lowest BCUT2D eigenvalue weighted by Crippen LogP contribution is -2.45. The molecule has 1 aromatic rings. The van der Waals surface area contributed by atoms with E-state index in [2.05, 4.69) is 4.90 Å². The second-order valence-electron chi connectivity index (χ2n) is 5.55. The molecule has 2 fully saturated rings. The molecule has 0 spiro atoms. The fourth-order valence-corrected chi connectivity index (χ4v) is 3.29. The molecule has 4 nitrogen and oxygen atoms in total. The van der Waals surface area contributed by atoms with Gasteiger partial charge < -0.3 is 9.84 Å². The number of hydrogen-bond acceptors (Lipinski definition) is 4. The normalized spacial score (nSPS) is 34.2. The minimum absolute atomic E-state index is 0.0731. The van der Waals surface area contributed by atoms with Gasteiger partial charge in [0.25, 0.3) is 0 Å². The lowest BCUT2D eigenvalue weighted by molar-refractivity contribution is -0.00833. The zero-order chi connectivity index (χ0) is 13.4. The van der Waals surface area contributed by atoms with Crippen LogP contribution in [0, 0.1) is 0 Å². The highest BCUT2D eigenvalue weighted by molar-refractivity contribution is 5.89. The number of ether oxygens (including phenoxy) is 1. The van der Waals surface area contributed by atoms with Crippen LogP contribution in [0.3, 0.4) is 0 Å². The van der Waals surface area contributed by atoms with Crippen LogP contribution in [0.1, 0.15) is 29.6 Å². The summed E-state index contributed by atoms with van der Waals surface area (Å²) in [5.74, 6) is -0.260. The molecule has 0 unspecified atom stereocenters. The predicted octanol–water partition coefficient (Wildman–Crippen LogP) is 1.44. The van der Waals surface area contributed by atoms with Gasteiger partial charge in [-0.1, -0.05) is 18.2 Å². The number of aliphatic hydroxyl groups excluding tert-OH is 1. The third kappa shape index (κ3) is 2.38. The Morgan fingerprint density at radius 2 is 2.00 bits per heavy atom. The summed E-state index contributed by atoms with van der Waals surface area (Å²) in [5, 5.41) is 9.96. The average Bonchev–Trinajstić information content (AvgIpc) is 2.59. The minimum atomic E-state index is -0.282. The van der Waals surface area contributed by atoms with Crippen LogP contribution in [0.5, 0.6) is 0 Å². The first-order valence-electron chi connectivity index (χ1n) is 6.81. The van der Waals surface area contributed by atoms with E-state index >= 15 is 0 Å². The summed E-state index contributed by atoms with van der Waals surface area (Å²) in [6.45, 7) is 0. The number of fused-ring (bicyclic) bond motifs is 2. The van der Waals surface area contributed by atoms with Crippen LogP contribution in [0.4, 0.5) is 0 Å². The van der Waals surface area contributed by atoms with Crippen molar-refractivity contribution in [2.45, 2.75) is 43.6 Å². The van der Waals surface area contributed by atoms with Crippen LogP contribution < -0.4 is 0 Å². The maximum atomic E-state index is 12.0. The topological polar surface area (TPSA) is 49.8 Å². The van der Waals surface area contributed by atoms with E-state index in [1.54, 1.807) is 12.1 Å². The standard InChI is InChI=1S/C15H19NO3/c1-16-11-7-12(9-13(16)14(17)8-11)19-15(18)10-5-3-2-4-6-10/h2-6,11-14,17H,7-9H2,1H3/t11-,12-,13+,14-/m1/s1. The fourth-order valence-electron chi connectivity index (χ4n) is 3.29. The van der Waals surface area contributed by atoms with Gasteiger partial charge in [0.05, 0.1) is 11.7 Å². The van der Waals surface area contributed by atoms with Crippen LogP contribution in [0.2, 0.25) is 0 Å². The van der Waals surface area contributed by atoms with E-state index in [4.69, 9.17) is 4.74 Å². The Morgan fingerprint density at radius 1 is 1.26 bits per heavy atom. The van der Waals surface area contributed by atoms with Crippen molar-refractivity contribution in [3.63, 3.8) is 0 Å². The highest BCUT2D eigenvalue weighted by Crippen LogP contribution is 2.36. The summed E-state index contributed by atoms with van der Waals surface area (Å²) < 4.78 is 5.58. The van der Waals surface area contributed by atoms with Crippen molar-refractivity contribution in [3.05, 3.63) is 35.9 Å². The van der Waals surface area contributed by atoms with Gasteiger partial charge >= 0.3 is 5.97 Å². The number of benzene rings is 1. The molecule has 0 aliphatic carbocycles. The second-order valence-corrected chi connectivity index (χ2v) is 5.55. The number of carbonyl (C=O) groups is 1. The van der Waals surface area contributed by atoms with Crippen molar-refractivity contribution in [2.75, 3.05) is 7.05 Å². The maximum Gasteiger partial charge on any atom is 0.338 e. The Kier molecular flexibility index (Phi) is 3.29. The third-order valence-corrected chi connectivity index (χ3v) is 4.38. The summed E-state index contributed by atoms with van der Waals surface area (Å²) in [4.78, 5) is 14.2. The van der Waals surface area contributed by atoms with Gasteiger partial charge in [0.1, 0.15) is 6.10 Å². The van der Waals surface area contributed by atoms with Crippen molar-refractivity contribution in [1.29, 1.82) is 0 Å². The van der Waals surface area contributed by atoms with Crippen molar-refractivity contribution in [2.24, 2.45) is 0 Å². The molecular formula is C15H19NO3. The number of piperidine rings is 1. The summed E-state index contributed by atoms with van der Waals surface area (Å²) in [5.41, 5.74) is 0.592. The number of hydrogen-bond donors (Lipinski definition) is 1. The maximum absolute atomic E-state index is 12.0. The SMILES string of the molecule is CN1[C@@H]2C[C@@H](OC(=O)c3ccccc3)C[C@H]1[C@H](O)C2. The van der Waals surface area contributed by atoms with Crippen LogP contribution in [-0.4, -0.2) is 47.3 Å². The third-order valence-electron chi connectivity index (χ3n) is 4.38. The lowest BCUT2D eigenvalue weighted by atomic mass is 10.00. The molecule has 0 radical (unpaired) electrons. The van der Waals surface area contributed by atoms with Crippen molar-refractivity contribution in [3.8, 4) is 0 Å². The number of nitrogens with zero attached hydrogens (tertiary/aromatic N) is 1. The molecule has 102 valence electrons.